The van der Waals surface area contributed by atoms with Crippen LogP contribution in [0.2, 0.25) is 0 Å². The van der Waals surface area contributed by atoms with Gasteiger partial charge in [-0.1, -0.05) is 6.07 Å². The standard InChI is InChI=1S/C22H18F2N4O/c1-12-9-16(24)7-8-19(12)26-22(29)18-10-13(2)25-21-20(18)14(3)27-28(21)17-6-4-5-15(23)11-17/h4-11H,1-3H3,(H,26,29). The van der Waals surface area contributed by atoms with Crippen molar-refractivity contribution in [2.45, 2.75) is 20.8 Å². The fourth-order valence-electron chi connectivity index (χ4n) is 3.34. The molecule has 1 amide bonds. The molecule has 0 radical (unpaired) electrons. The minimum absolute atomic E-state index is 0.350. The molecule has 0 aliphatic carbocycles. The van der Waals surface area contributed by atoms with Crippen molar-refractivity contribution < 1.29 is 13.6 Å². The van der Waals surface area contributed by atoms with E-state index < -0.39 is 0 Å². The number of anilines is 1. The molecule has 0 atom stereocenters. The maximum absolute atomic E-state index is 13.7. The maximum atomic E-state index is 13.7. The maximum Gasteiger partial charge on any atom is 0.256 e. The van der Waals surface area contributed by atoms with Crippen LogP contribution in [-0.4, -0.2) is 20.7 Å². The van der Waals surface area contributed by atoms with Gasteiger partial charge in [-0.05, 0) is 68.8 Å². The summed E-state index contributed by atoms with van der Waals surface area (Å²) in [6, 6.07) is 11.9. The molecule has 0 saturated heterocycles. The van der Waals surface area contributed by atoms with Crippen LogP contribution in [0.25, 0.3) is 16.7 Å². The Morgan fingerprint density at radius 1 is 1.00 bits per heavy atom. The van der Waals surface area contributed by atoms with Crippen molar-refractivity contribution >= 4 is 22.6 Å². The summed E-state index contributed by atoms with van der Waals surface area (Å²) in [6.07, 6.45) is 0. The summed E-state index contributed by atoms with van der Waals surface area (Å²) >= 11 is 0. The van der Waals surface area contributed by atoms with Gasteiger partial charge in [-0.3, -0.25) is 4.79 Å². The van der Waals surface area contributed by atoms with Crippen molar-refractivity contribution in [3.05, 3.63) is 82.7 Å². The third kappa shape index (κ3) is 3.47. The van der Waals surface area contributed by atoms with Crippen molar-refractivity contribution in [2.24, 2.45) is 0 Å². The minimum atomic E-state index is -0.388. The van der Waals surface area contributed by atoms with Crippen molar-refractivity contribution in [3.8, 4) is 5.69 Å². The summed E-state index contributed by atoms with van der Waals surface area (Å²) in [5, 5.41) is 7.89. The zero-order valence-corrected chi connectivity index (χ0v) is 16.1. The van der Waals surface area contributed by atoms with Crippen LogP contribution in [0, 0.1) is 32.4 Å². The van der Waals surface area contributed by atoms with E-state index in [0.29, 0.717) is 44.9 Å². The predicted molar refractivity (Wildman–Crippen MR) is 107 cm³/mol. The highest BCUT2D eigenvalue weighted by Gasteiger charge is 2.20. The number of amides is 1. The van der Waals surface area contributed by atoms with E-state index in [1.807, 2.05) is 0 Å². The number of benzene rings is 2. The van der Waals surface area contributed by atoms with Crippen LogP contribution in [0.5, 0.6) is 0 Å². The van der Waals surface area contributed by atoms with Crippen molar-refractivity contribution in [2.75, 3.05) is 5.32 Å². The highest BCUT2D eigenvalue weighted by molar-refractivity contribution is 6.13. The lowest BCUT2D eigenvalue weighted by molar-refractivity contribution is 0.102. The Bertz CT molecular complexity index is 1260. The quantitative estimate of drug-likeness (QED) is 0.541. The Balaban J connectivity index is 1.84. The average Bonchev–Trinajstić information content (AvgIpc) is 2.99. The molecule has 0 bridgehead atoms. The number of carbonyl (C=O) groups excluding carboxylic acids is 1. The second kappa shape index (κ2) is 7.09. The van der Waals surface area contributed by atoms with Crippen molar-refractivity contribution in [1.29, 1.82) is 0 Å². The molecule has 4 rings (SSSR count). The number of hydrogen-bond acceptors (Lipinski definition) is 3. The van der Waals surface area contributed by atoms with Crippen LogP contribution in [0.4, 0.5) is 14.5 Å². The van der Waals surface area contributed by atoms with Crippen LogP contribution in [-0.2, 0) is 0 Å². The summed E-state index contributed by atoms with van der Waals surface area (Å²) in [5.74, 6) is -1.10. The molecule has 0 fully saturated rings. The Hall–Kier alpha value is -3.61. The number of carbonyl (C=O) groups is 1. The summed E-state index contributed by atoms with van der Waals surface area (Å²) in [6.45, 7) is 5.27. The van der Waals surface area contributed by atoms with Gasteiger partial charge in [0.15, 0.2) is 5.65 Å². The lowest BCUT2D eigenvalue weighted by Gasteiger charge is -2.10. The van der Waals surface area contributed by atoms with E-state index in [1.165, 1.54) is 35.0 Å². The number of fused-ring (bicyclic) bond motifs is 1. The van der Waals surface area contributed by atoms with Gasteiger partial charge in [-0.25, -0.2) is 18.4 Å². The van der Waals surface area contributed by atoms with Gasteiger partial charge in [0.25, 0.3) is 5.91 Å². The average molecular weight is 392 g/mol. The number of rotatable bonds is 3. The number of aryl methyl sites for hydroxylation is 3. The zero-order valence-electron chi connectivity index (χ0n) is 16.1. The summed E-state index contributed by atoms with van der Waals surface area (Å²) < 4.78 is 28.6. The van der Waals surface area contributed by atoms with E-state index in [2.05, 4.69) is 15.4 Å². The third-order valence-corrected chi connectivity index (χ3v) is 4.67. The van der Waals surface area contributed by atoms with E-state index in [-0.39, 0.29) is 17.5 Å². The molecule has 0 saturated carbocycles. The largest absolute Gasteiger partial charge is 0.322 e. The van der Waals surface area contributed by atoms with Gasteiger partial charge in [0, 0.05) is 11.4 Å². The van der Waals surface area contributed by atoms with Crippen LogP contribution in [0.15, 0.2) is 48.5 Å². The first-order chi connectivity index (χ1) is 13.8. The summed E-state index contributed by atoms with van der Waals surface area (Å²) in [5.41, 5.74) is 3.74. The Morgan fingerprint density at radius 2 is 1.76 bits per heavy atom. The fraction of sp³-hybridized carbons (Fsp3) is 0.136. The highest BCUT2D eigenvalue weighted by Crippen LogP contribution is 2.26. The second-order valence-corrected chi connectivity index (χ2v) is 6.90. The molecular weight excluding hydrogens is 374 g/mol. The first-order valence-corrected chi connectivity index (χ1v) is 9.04. The summed E-state index contributed by atoms with van der Waals surface area (Å²) in [7, 11) is 0. The van der Waals surface area contributed by atoms with Crippen molar-refractivity contribution in [3.63, 3.8) is 0 Å². The number of aromatic nitrogens is 3. The number of halogens is 2. The number of pyridine rings is 1. The molecule has 0 aliphatic heterocycles. The van der Waals surface area contributed by atoms with Gasteiger partial charge in [0.1, 0.15) is 11.6 Å². The number of nitrogens with zero attached hydrogens (tertiary/aromatic N) is 3. The Kier molecular flexibility index (Phi) is 4.58. The van der Waals surface area contributed by atoms with E-state index in [0.717, 1.165) is 0 Å². The fourth-order valence-corrected chi connectivity index (χ4v) is 3.34. The smallest absolute Gasteiger partial charge is 0.256 e. The molecule has 7 heteroatoms. The molecule has 29 heavy (non-hydrogen) atoms. The van der Waals surface area contributed by atoms with Crippen LogP contribution in [0.3, 0.4) is 0 Å². The topological polar surface area (TPSA) is 59.8 Å². The molecule has 5 nitrogen and oxygen atoms in total. The van der Waals surface area contributed by atoms with Gasteiger partial charge in [-0.15, -0.1) is 0 Å². The van der Waals surface area contributed by atoms with Crippen LogP contribution >= 0.6 is 0 Å². The van der Waals surface area contributed by atoms with Gasteiger partial charge < -0.3 is 5.32 Å². The molecule has 0 unspecified atom stereocenters. The molecule has 0 aliphatic rings. The molecular formula is C22H18F2N4O. The van der Waals surface area contributed by atoms with E-state index in [9.17, 15) is 13.6 Å². The highest BCUT2D eigenvalue weighted by atomic mass is 19.1. The SMILES string of the molecule is Cc1cc(C(=O)Nc2ccc(F)cc2C)c2c(C)nn(-c3cccc(F)c3)c2n1. The predicted octanol–water partition coefficient (Wildman–Crippen LogP) is 4.88. The lowest BCUT2D eigenvalue weighted by Crippen LogP contribution is -2.14. The second-order valence-electron chi connectivity index (χ2n) is 6.90. The molecule has 2 heterocycles. The zero-order chi connectivity index (χ0) is 20.7. The normalized spacial score (nSPS) is 11.1. The first-order valence-electron chi connectivity index (χ1n) is 9.04. The Morgan fingerprint density at radius 3 is 2.48 bits per heavy atom. The van der Waals surface area contributed by atoms with E-state index >= 15 is 0 Å². The molecule has 2 aromatic heterocycles. The van der Waals surface area contributed by atoms with Gasteiger partial charge in [-0.2, -0.15) is 5.10 Å². The van der Waals surface area contributed by atoms with Gasteiger partial charge >= 0.3 is 0 Å². The van der Waals surface area contributed by atoms with E-state index in [4.69, 9.17) is 0 Å². The summed E-state index contributed by atoms with van der Waals surface area (Å²) in [4.78, 5) is 17.6. The van der Waals surface area contributed by atoms with Gasteiger partial charge in [0.2, 0.25) is 0 Å². The molecule has 4 aromatic rings. The Labute approximate surface area is 166 Å². The minimum Gasteiger partial charge on any atom is -0.322 e. The number of hydrogen-bond donors (Lipinski definition) is 1. The lowest BCUT2D eigenvalue weighted by atomic mass is 10.1. The molecule has 2 aromatic carbocycles. The van der Waals surface area contributed by atoms with E-state index in [1.54, 1.807) is 39.0 Å². The van der Waals surface area contributed by atoms with Gasteiger partial charge in [0.05, 0.1) is 22.3 Å². The van der Waals surface area contributed by atoms with Crippen LogP contribution < -0.4 is 5.32 Å². The monoisotopic (exact) mass is 392 g/mol. The van der Waals surface area contributed by atoms with Crippen LogP contribution in [0.1, 0.15) is 27.3 Å². The molecule has 146 valence electrons. The number of nitrogens with one attached hydrogen (secondary N) is 1. The first kappa shape index (κ1) is 18.7. The molecule has 1 N–H and O–H groups in total. The third-order valence-electron chi connectivity index (χ3n) is 4.67. The molecule has 0 spiro atoms. The van der Waals surface area contributed by atoms with Crippen molar-refractivity contribution in [1.82, 2.24) is 14.8 Å².